The molecular weight excluding hydrogens is 354 g/mol. The van der Waals surface area contributed by atoms with Crippen molar-refractivity contribution in [1.82, 2.24) is 0 Å². The molecule has 4 nitrogen and oxygen atoms in total. The number of rotatable bonds is 18. The van der Waals surface area contributed by atoms with Crippen LogP contribution in [-0.4, -0.2) is 67.8 Å². The Balaban J connectivity index is 4.05. The standard InChI is InChI=1S/C22H50NO3Si/c1-8-9-10-11-12-13-14-15-16-17-18-19-20-23(3,4)22(27,26-7)21(2,24-5)25-6/h8-20H2,1-7,27H3/q+1. The summed E-state index contributed by atoms with van der Waals surface area (Å²) in [6.45, 7) is 5.36. The summed E-state index contributed by atoms with van der Waals surface area (Å²) < 4.78 is 18.2. The van der Waals surface area contributed by atoms with Gasteiger partial charge in [-0.15, -0.1) is 0 Å². The molecule has 0 aromatic rings. The number of quaternary nitrogens is 1. The normalized spacial score (nSPS) is 15.2. The Kier molecular flexibility index (Phi) is 14.1. The lowest BCUT2D eigenvalue weighted by atomic mass is 10.0. The van der Waals surface area contributed by atoms with Gasteiger partial charge in [-0.2, -0.15) is 0 Å². The maximum Gasteiger partial charge on any atom is 0.242 e. The van der Waals surface area contributed by atoms with Gasteiger partial charge >= 0.3 is 0 Å². The first kappa shape index (κ1) is 27.1. The average molecular weight is 405 g/mol. The lowest BCUT2D eigenvalue weighted by Crippen LogP contribution is -2.73. The highest BCUT2D eigenvalue weighted by Crippen LogP contribution is 2.34. The second-order valence-corrected chi connectivity index (χ2v) is 10.2. The number of likely N-dealkylation sites (N-methyl/N-ethyl adjacent to an activating group) is 1. The Morgan fingerprint density at radius 2 is 1.04 bits per heavy atom. The summed E-state index contributed by atoms with van der Waals surface area (Å²) in [6.07, 6.45) is 16.6. The fourth-order valence-corrected chi connectivity index (χ4v) is 4.64. The van der Waals surface area contributed by atoms with Crippen LogP contribution in [0.1, 0.15) is 90.9 Å². The van der Waals surface area contributed by atoms with Crippen LogP contribution in [0.15, 0.2) is 0 Å². The third kappa shape index (κ3) is 8.53. The fraction of sp³-hybridized carbons (Fsp3) is 1.00. The average Bonchev–Trinajstić information content (AvgIpc) is 2.67. The molecule has 0 aromatic carbocycles. The van der Waals surface area contributed by atoms with Gasteiger partial charge in [-0.3, -0.25) is 0 Å². The Bertz CT molecular complexity index is 361. The second kappa shape index (κ2) is 14.1. The monoisotopic (exact) mass is 404 g/mol. The number of nitrogens with zero attached hydrogens (tertiary/aromatic N) is 1. The maximum atomic E-state index is 5.99. The first-order chi connectivity index (χ1) is 12.7. The van der Waals surface area contributed by atoms with Crippen molar-refractivity contribution in [2.24, 2.45) is 0 Å². The van der Waals surface area contributed by atoms with E-state index < -0.39 is 11.1 Å². The highest BCUT2D eigenvalue weighted by molar-refractivity contribution is 6.14. The van der Waals surface area contributed by atoms with Crippen LogP contribution in [0.25, 0.3) is 0 Å². The molecule has 0 aliphatic rings. The van der Waals surface area contributed by atoms with Crippen LogP contribution in [0, 0.1) is 0 Å². The highest BCUT2D eigenvalue weighted by Gasteiger charge is 2.57. The molecule has 0 amide bonds. The Hall–Kier alpha value is 0.0569. The van der Waals surface area contributed by atoms with E-state index >= 15 is 0 Å². The van der Waals surface area contributed by atoms with E-state index in [0.29, 0.717) is 0 Å². The minimum Gasteiger partial charge on any atom is -0.347 e. The maximum absolute atomic E-state index is 5.99. The van der Waals surface area contributed by atoms with E-state index in [9.17, 15) is 0 Å². The lowest BCUT2D eigenvalue weighted by Gasteiger charge is -2.52. The quantitative estimate of drug-likeness (QED) is 0.146. The van der Waals surface area contributed by atoms with Crippen LogP contribution < -0.4 is 0 Å². The Morgan fingerprint density at radius 1 is 0.667 bits per heavy atom. The zero-order chi connectivity index (χ0) is 20.8. The van der Waals surface area contributed by atoms with Crippen LogP contribution in [0.4, 0.5) is 0 Å². The van der Waals surface area contributed by atoms with Gasteiger partial charge in [0.2, 0.25) is 11.1 Å². The van der Waals surface area contributed by atoms with Crippen molar-refractivity contribution < 1.29 is 18.7 Å². The molecule has 0 aliphatic carbocycles. The van der Waals surface area contributed by atoms with E-state index in [-0.39, 0.29) is 0 Å². The molecule has 5 heteroatoms. The predicted molar refractivity (Wildman–Crippen MR) is 120 cm³/mol. The molecule has 0 spiro atoms. The lowest BCUT2D eigenvalue weighted by molar-refractivity contribution is -0.963. The molecule has 0 aromatic heterocycles. The third-order valence-corrected chi connectivity index (χ3v) is 9.27. The van der Waals surface area contributed by atoms with Gasteiger partial charge in [0.25, 0.3) is 0 Å². The SMILES string of the molecule is CCCCCCCCCCCCCC[N+](C)(C)C([SiH3])(OC)C(C)(OC)OC. The molecule has 0 N–H and O–H groups in total. The van der Waals surface area contributed by atoms with Gasteiger partial charge in [0.1, 0.15) is 10.2 Å². The number of ether oxygens (including phenoxy) is 3. The zero-order valence-corrected chi connectivity index (χ0v) is 21.9. The molecule has 0 saturated carbocycles. The van der Waals surface area contributed by atoms with Gasteiger partial charge in [-0.1, -0.05) is 71.1 Å². The minimum absolute atomic E-state index is 0.436. The van der Waals surface area contributed by atoms with E-state index in [1.165, 1.54) is 77.0 Å². The van der Waals surface area contributed by atoms with Gasteiger partial charge in [0.05, 0.1) is 20.6 Å². The molecule has 0 fully saturated rings. The smallest absolute Gasteiger partial charge is 0.242 e. The number of hydrogen-bond acceptors (Lipinski definition) is 3. The Morgan fingerprint density at radius 3 is 1.37 bits per heavy atom. The van der Waals surface area contributed by atoms with E-state index in [2.05, 4.69) is 21.0 Å². The fourth-order valence-electron chi connectivity index (χ4n) is 4.01. The molecule has 164 valence electrons. The van der Waals surface area contributed by atoms with Crippen LogP contribution in [0.5, 0.6) is 0 Å². The first-order valence-corrected chi connectivity index (χ1v) is 12.2. The van der Waals surface area contributed by atoms with Gasteiger partial charge in [-0.05, 0) is 19.8 Å². The second-order valence-electron chi connectivity index (χ2n) is 8.84. The predicted octanol–water partition coefficient (Wildman–Crippen LogP) is 4.44. The van der Waals surface area contributed by atoms with Crippen LogP contribution >= 0.6 is 0 Å². The molecule has 0 bridgehead atoms. The zero-order valence-electron chi connectivity index (χ0n) is 19.9. The van der Waals surface area contributed by atoms with E-state index in [1.54, 1.807) is 21.3 Å². The van der Waals surface area contributed by atoms with E-state index in [4.69, 9.17) is 14.2 Å². The van der Waals surface area contributed by atoms with Gasteiger partial charge in [-0.25, -0.2) is 0 Å². The molecule has 0 radical (unpaired) electrons. The Labute approximate surface area is 173 Å². The van der Waals surface area contributed by atoms with Crippen LogP contribution in [0.2, 0.25) is 0 Å². The van der Waals surface area contributed by atoms with E-state index in [1.807, 2.05) is 6.92 Å². The molecule has 0 heterocycles. The van der Waals surface area contributed by atoms with Crippen LogP contribution in [-0.2, 0) is 14.2 Å². The van der Waals surface area contributed by atoms with E-state index in [0.717, 1.165) is 21.3 Å². The largest absolute Gasteiger partial charge is 0.347 e. The summed E-state index contributed by atoms with van der Waals surface area (Å²) in [5.41, 5.74) is 0. The van der Waals surface area contributed by atoms with Crippen molar-refractivity contribution in [1.29, 1.82) is 0 Å². The minimum atomic E-state index is -0.728. The summed E-state index contributed by atoms with van der Waals surface area (Å²) in [5.74, 6) is -0.728. The van der Waals surface area contributed by atoms with Crippen molar-refractivity contribution in [2.45, 2.75) is 102 Å². The van der Waals surface area contributed by atoms with Gasteiger partial charge in [0.15, 0.2) is 0 Å². The topological polar surface area (TPSA) is 27.7 Å². The van der Waals surface area contributed by atoms with Crippen molar-refractivity contribution in [3.05, 3.63) is 0 Å². The summed E-state index contributed by atoms with van der Waals surface area (Å²) in [6, 6.07) is 0. The molecule has 1 unspecified atom stereocenters. The molecular formula is C22H50NO3Si+. The summed E-state index contributed by atoms with van der Waals surface area (Å²) >= 11 is 0. The van der Waals surface area contributed by atoms with Crippen molar-refractivity contribution in [3.63, 3.8) is 0 Å². The van der Waals surface area contributed by atoms with Crippen molar-refractivity contribution >= 4 is 10.2 Å². The first-order valence-electron chi connectivity index (χ1n) is 11.2. The summed E-state index contributed by atoms with van der Waals surface area (Å²) in [7, 11) is 10.5. The number of hydrogen-bond donors (Lipinski definition) is 0. The number of unbranched alkanes of at least 4 members (excludes halogenated alkanes) is 11. The summed E-state index contributed by atoms with van der Waals surface area (Å²) in [4.78, 5) is 0. The third-order valence-electron chi connectivity index (χ3n) is 6.74. The van der Waals surface area contributed by atoms with Crippen LogP contribution in [0.3, 0.4) is 0 Å². The van der Waals surface area contributed by atoms with Crippen molar-refractivity contribution in [2.75, 3.05) is 42.0 Å². The highest BCUT2D eigenvalue weighted by atomic mass is 28.1. The molecule has 0 aliphatic heterocycles. The molecule has 27 heavy (non-hydrogen) atoms. The van der Waals surface area contributed by atoms with Gasteiger partial charge in [0, 0.05) is 21.3 Å². The van der Waals surface area contributed by atoms with Gasteiger partial charge < -0.3 is 18.7 Å². The molecule has 0 rings (SSSR count). The van der Waals surface area contributed by atoms with Crippen molar-refractivity contribution in [3.8, 4) is 0 Å². The molecule has 1 atom stereocenters. The number of methoxy groups -OCH3 is 3. The summed E-state index contributed by atoms with van der Waals surface area (Å²) in [5, 5.41) is -0.436. The molecule has 0 saturated heterocycles.